The molecule has 0 rings (SSSR count). The zero-order chi connectivity index (χ0) is 6.57. The minimum Gasteiger partial charge on any atom is -0.384 e. The summed E-state index contributed by atoms with van der Waals surface area (Å²) in [5, 5.41) is 0. The van der Waals surface area contributed by atoms with Crippen LogP contribution in [0.3, 0.4) is 0 Å². The van der Waals surface area contributed by atoms with Gasteiger partial charge in [0.15, 0.2) is 0 Å². The molecular weight excluding hydrogens is 134 g/mol. The second-order valence-electron chi connectivity index (χ2n) is 2.55. The van der Waals surface area contributed by atoms with E-state index in [4.69, 9.17) is 0 Å². The van der Waals surface area contributed by atoms with Crippen LogP contribution < -0.4 is 0 Å². The lowest BCUT2D eigenvalue weighted by atomic mass is 10.2. The van der Waals surface area contributed by atoms with Gasteiger partial charge in [0.2, 0.25) is 0 Å². The van der Waals surface area contributed by atoms with Crippen molar-refractivity contribution < 1.29 is 0 Å². The third-order valence-electron chi connectivity index (χ3n) is 0.769. The third kappa shape index (κ3) is 11.4. The van der Waals surface area contributed by atoms with E-state index in [2.05, 4.69) is 26.1 Å². The molecule has 0 radical (unpaired) electrons. The standard InChI is InChI=1S/C7H15N.ClH/c1-7(2)5-6-8(3)4;/h5-7H,1-4H3;1H/b6-5+;. The second kappa shape index (κ2) is 5.96. The predicted molar refractivity (Wildman–Crippen MR) is 44.9 cm³/mol. The largest absolute Gasteiger partial charge is 0.384 e. The fraction of sp³-hybridized carbons (Fsp3) is 0.714. The Hall–Kier alpha value is -0.170. The summed E-state index contributed by atoms with van der Waals surface area (Å²) in [5.41, 5.74) is 0. The first-order valence-corrected chi connectivity index (χ1v) is 2.97. The van der Waals surface area contributed by atoms with Crippen LogP contribution in [-0.4, -0.2) is 19.0 Å². The van der Waals surface area contributed by atoms with Gasteiger partial charge in [-0.15, -0.1) is 12.4 Å². The lowest BCUT2D eigenvalue weighted by Crippen LogP contribution is -2.00. The van der Waals surface area contributed by atoms with Gasteiger partial charge in [0.05, 0.1) is 0 Å². The van der Waals surface area contributed by atoms with E-state index in [1.54, 1.807) is 0 Å². The summed E-state index contributed by atoms with van der Waals surface area (Å²) < 4.78 is 0. The van der Waals surface area contributed by atoms with Crippen molar-refractivity contribution in [3.8, 4) is 0 Å². The minimum absolute atomic E-state index is 0. The van der Waals surface area contributed by atoms with E-state index in [1.807, 2.05) is 19.0 Å². The molecule has 0 unspecified atom stereocenters. The third-order valence-corrected chi connectivity index (χ3v) is 0.769. The Balaban J connectivity index is 0. The smallest absolute Gasteiger partial charge is 0.00555 e. The van der Waals surface area contributed by atoms with Gasteiger partial charge in [-0.3, -0.25) is 0 Å². The molecule has 0 atom stereocenters. The number of nitrogens with zero attached hydrogens (tertiary/aromatic N) is 1. The number of allylic oxidation sites excluding steroid dienone is 1. The van der Waals surface area contributed by atoms with Gasteiger partial charge in [0.1, 0.15) is 0 Å². The fourth-order valence-electron chi connectivity index (χ4n) is 0.344. The average Bonchev–Trinajstić information content (AvgIpc) is 1.61. The molecule has 0 aliphatic carbocycles. The lowest BCUT2D eigenvalue weighted by Gasteiger charge is -2.03. The molecule has 0 amide bonds. The Morgan fingerprint density at radius 2 is 1.67 bits per heavy atom. The molecule has 0 aliphatic heterocycles. The van der Waals surface area contributed by atoms with Gasteiger partial charge in [-0.25, -0.2) is 0 Å². The van der Waals surface area contributed by atoms with Gasteiger partial charge >= 0.3 is 0 Å². The molecule has 1 nitrogen and oxygen atoms in total. The minimum atomic E-state index is 0. The molecular formula is C7H16ClN. The summed E-state index contributed by atoms with van der Waals surface area (Å²) >= 11 is 0. The van der Waals surface area contributed by atoms with E-state index in [1.165, 1.54) is 0 Å². The number of hydrogen-bond donors (Lipinski definition) is 0. The molecule has 0 aromatic carbocycles. The van der Waals surface area contributed by atoms with Gasteiger partial charge in [0, 0.05) is 14.1 Å². The van der Waals surface area contributed by atoms with Crippen LogP contribution in [0, 0.1) is 5.92 Å². The second-order valence-corrected chi connectivity index (χ2v) is 2.55. The van der Waals surface area contributed by atoms with Crippen LogP contribution in [0.25, 0.3) is 0 Å². The molecule has 0 saturated carbocycles. The molecule has 0 bridgehead atoms. The summed E-state index contributed by atoms with van der Waals surface area (Å²) in [6, 6.07) is 0. The Bertz CT molecular complexity index is 67.0. The number of hydrogen-bond acceptors (Lipinski definition) is 1. The molecule has 0 N–H and O–H groups in total. The zero-order valence-electron chi connectivity index (χ0n) is 6.59. The summed E-state index contributed by atoms with van der Waals surface area (Å²) in [6.45, 7) is 4.33. The Labute approximate surface area is 64.2 Å². The summed E-state index contributed by atoms with van der Waals surface area (Å²) in [5.74, 6) is 0.664. The van der Waals surface area contributed by atoms with Crippen LogP contribution in [0.15, 0.2) is 12.3 Å². The first-order chi connectivity index (χ1) is 3.63. The first-order valence-electron chi connectivity index (χ1n) is 2.97. The van der Waals surface area contributed by atoms with E-state index in [9.17, 15) is 0 Å². The highest BCUT2D eigenvalue weighted by molar-refractivity contribution is 5.85. The van der Waals surface area contributed by atoms with E-state index < -0.39 is 0 Å². The monoisotopic (exact) mass is 149 g/mol. The predicted octanol–water partition coefficient (Wildman–Crippen LogP) is 2.14. The van der Waals surface area contributed by atoms with Crippen LogP contribution in [-0.2, 0) is 0 Å². The maximum Gasteiger partial charge on any atom is 0.00555 e. The van der Waals surface area contributed by atoms with Crippen molar-refractivity contribution >= 4 is 12.4 Å². The van der Waals surface area contributed by atoms with Crippen LogP contribution >= 0.6 is 12.4 Å². The van der Waals surface area contributed by atoms with Crippen LogP contribution in [0.1, 0.15) is 13.8 Å². The SMILES string of the molecule is CC(C)/C=C/N(C)C.Cl. The molecule has 0 heterocycles. The molecule has 0 saturated heterocycles. The van der Waals surface area contributed by atoms with E-state index in [0.29, 0.717) is 5.92 Å². The summed E-state index contributed by atoms with van der Waals surface area (Å²) in [4.78, 5) is 2.04. The molecule has 0 aromatic heterocycles. The highest BCUT2D eigenvalue weighted by Crippen LogP contribution is 1.92. The quantitative estimate of drug-likeness (QED) is 0.582. The fourth-order valence-corrected chi connectivity index (χ4v) is 0.344. The van der Waals surface area contributed by atoms with Gasteiger partial charge in [-0.05, 0) is 12.1 Å². The maximum atomic E-state index is 2.17. The molecule has 0 fully saturated rings. The van der Waals surface area contributed by atoms with Gasteiger partial charge in [-0.1, -0.05) is 19.9 Å². The van der Waals surface area contributed by atoms with Crippen molar-refractivity contribution in [1.29, 1.82) is 0 Å². The number of rotatable bonds is 2. The number of halogens is 1. The molecule has 0 spiro atoms. The van der Waals surface area contributed by atoms with Crippen molar-refractivity contribution in [2.75, 3.05) is 14.1 Å². The highest BCUT2D eigenvalue weighted by atomic mass is 35.5. The van der Waals surface area contributed by atoms with Crippen LogP contribution in [0.4, 0.5) is 0 Å². The van der Waals surface area contributed by atoms with E-state index >= 15 is 0 Å². The van der Waals surface area contributed by atoms with Crippen molar-refractivity contribution in [3.05, 3.63) is 12.3 Å². The summed E-state index contributed by atoms with van der Waals surface area (Å²) in [7, 11) is 4.05. The molecule has 0 aromatic rings. The van der Waals surface area contributed by atoms with Gasteiger partial charge < -0.3 is 4.90 Å². The van der Waals surface area contributed by atoms with Crippen molar-refractivity contribution in [2.24, 2.45) is 5.92 Å². The Morgan fingerprint density at radius 1 is 1.22 bits per heavy atom. The Morgan fingerprint density at radius 3 is 1.78 bits per heavy atom. The maximum absolute atomic E-state index is 2.17. The van der Waals surface area contributed by atoms with Crippen LogP contribution in [0.5, 0.6) is 0 Å². The van der Waals surface area contributed by atoms with Crippen molar-refractivity contribution in [3.63, 3.8) is 0 Å². The molecule has 56 valence electrons. The van der Waals surface area contributed by atoms with Gasteiger partial charge in [0.25, 0.3) is 0 Å². The summed E-state index contributed by atoms with van der Waals surface area (Å²) in [6.07, 6.45) is 4.24. The topological polar surface area (TPSA) is 3.24 Å². The highest BCUT2D eigenvalue weighted by Gasteiger charge is 1.81. The van der Waals surface area contributed by atoms with Crippen molar-refractivity contribution in [1.82, 2.24) is 4.90 Å². The zero-order valence-corrected chi connectivity index (χ0v) is 7.40. The normalized spacial score (nSPS) is 9.89. The lowest BCUT2D eigenvalue weighted by molar-refractivity contribution is 0.556. The molecule has 0 aliphatic rings. The van der Waals surface area contributed by atoms with Crippen LogP contribution in [0.2, 0.25) is 0 Å². The first kappa shape index (κ1) is 11.6. The van der Waals surface area contributed by atoms with E-state index in [0.717, 1.165) is 0 Å². The van der Waals surface area contributed by atoms with Gasteiger partial charge in [-0.2, -0.15) is 0 Å². The van der Waals surface area contributed by atoms with E-state index in [-0.39, 0.29) is 12.4 Å². The Kier molecular flexibility index (Phi) is 7.68. The average molecular weight is 150 g/mol. The molecule has 9 heavy (non-hydrogen) atoms. The van der Waals surface area contributed by atoms with Crippen molar-refractivity contribution in [2.45, 2.75) is 13.8 Å². The molecule has 2 heteroatoms.